The van der Waals surface area contributed by atoms with Crippen molar-refractivity contribution in [1.82, 2.24) is 15.1 Å². The van der Waals surface area contributed by atoms with E-state index in [2.05, 4.69) is 4.90 Å². The van der Waals surface area contributed by atoms with Crippen molar-refractivity contribution in [1.29, 1.82) is 0 Å². The van der Waals surface area contributed by atoms with E-state index < -0.39 is 18.8 Å². The first-order valence-corrected chi connectivity index (χ1v) is 6.94. The molecule has 5 nitrogen and oxygen atoms in total. The Balaban J connectivity index is 2.30. The number of hydrogen-bond donors (Lipinski definition) is 2. The molecule has 1 fully saturated rings. The molecule has 2 amide bonds. The molecule has 118 valence electrons. The number of unbranched alkanes of at least 4 members (excludes halogenated alkanes) is 1. The number of carbonyl (C=O) groups excluding carboxylic acids is 1. The van der Waals surface area contributed by atoms with Crippen LogP contribution >= 0.6 is 0 Å². The number of urea groups is 1. The molecule has 1 rings (SSSR count). The lowest BCUT2D eigenvalue weighted by Gasteiger charge is -2.22. The molecule has 0 aliphatic carbocycles. The maximum absolute atomic E-state index is 12.0. The topological polar surface area (TPSA) is 61.6 Å². The second-order valence-electron chi connectivity index (χ2n) is 4.95. The monoisotopic (exact) mass is 296 g/mol. The van der Waals surface area contributed by atoms with Crippen molar-refractivity contribution in [3.8, 4) is 0 Å². The maximum atomic E-state index is 12.0. The summed E-state index contributed by atoms with van der Waals surface area (Å²) in [5, 5.41) is 1.91. The SMILES string of the molecule is NCCCCN1CCCN(C(=O)NCC(F)(F)F)CC1. The van der Waals surface area contributed by atoms with Crippen molar-refractivity contribution < 1.29 is 18.0 Å². The van der Waals surface area contributed by atoms with Gasteiger partial charge in [0.1, 0.15) is 6.54 Å². The zero-order chi connectivity index (χ0) is 15.0. The minimum atomic E-state index is -4.37. The van der Waals surface area contributed by atoms with Crippen molar-refractivity contribution in [2.75, 3.05) is 45.8 Å². The van der Waals surface area contributed by atoms with E-state index in [1.807, 2.05) is 5.32 Å². The van der Waals surface area contributed by atoms with Crippen molar-refractivity contribution >= 4 is 6.03 Å². The Morgan fingerprint density at radius 2 is 1.90 bits per heavy atom. The first-order valence-electron chi connectivity index (χ1n) is 6.94. The van der Waals surface area contributed by atoms with Gasteiger partial charge in [-0.05, 0) is 38.9 Å². The zero-order valence-electron chi connectivity index (χ0n) is 11.6. The lowest BCUT2D eigenvalue weighted by Crippen LogP contribution is -2.45. The molecule has 0 bridgehead atoms. The largest absolute Gasteiger partial charge is 0.405 e. The number of halogens is 3. The lowest BCUT2D eigenvalue weighted by atomic mass is 10.3. The maximum Gasteiger partial charge on any atom is 0.405 e. The Hall–Kier alpha value is -1.02. The van der Waals surface area contributed by atoms with Crippen molar-refractivity contribution in [2.24, 2.45) is 5.73 Å². The molecule has 1 aliphatic heterocycles. The summed E-state index contributed by atoms with van der Waals surface area (Å²) in [6.45, 7) is 2.85. The molecule has 0 aromatic rings. The lowest BCUT2D eigenvalue weighted by molar-refractivity contribution is -0.123. The Kier molecular flexibility index (Phi) is 7.08. The van der Waals surface area contributed by atoms with E-state index in [-0.39, 0.29) is 0 Å². The third-order valence-electron chi connectivity index (χ3n) is 3.24. The first-order chi connectivity index (χ1) is 9.42. The number of amides is 2. The summed E-state index contributed by atoms with van der Waals surface area (Å²) in [7, 11) is 0. The van der Waals surface area contributed by atoms with Gasteiger partial charge in [0.25, 0.3) is 0 Å². The quantitative estimate of drug-likeness (QED) is 0.744. The van der Waals surface area contributed by atoms with Crippen LogP contribution in [0.2, 0.25) is 0 Å². The van der Waals surface area contributed by atoms with Crippen LogP contribution in [0, 0.1) is 0 Å². The number of alkyl halides is 3. The van der Waals surface area contributed by atoms with Gasteiger partial charge in [-0.25, -0.2) is 4.79 Å². The molecule has 1 saturated heterocycles. The van der Waals surface area contributed by atoms with Crippen LogP contribution in [0.1, 0.15) is 19.3 Å². The minimum absolute atomic E-state index is 0.465. The molecule has 0 spiro atoms. The van der Waals surface area contributed by atoms with Crippen molar-refractivity contribution in [3.63, 3.8) is 0 Å². The number of nitrogens with one attached hydrogen (secondary N) is 1. The highest BCUT2D eigenvalue weighted by molar-refractivity contribution is 5.74. The van der Waals surface area contributed by atoms with Crippen LogP contribution in [0.25, 0.3) is 0 Å². The second kappa shape index (κ2) is 8.31. The fourth-order valence-corrected chi connectivity index (χ4v) is 2.17. The van der Waals surface area contributed by atoms with E-state index in [0.29, 0.717) is 26.2 Å². The van der Waals surface area contributed by atoms with Crippen LogP contribution in [-0.4, -0.2) is 67.8 Å². The number of rotatable bonds is 5. The standard InChI is InChI=1S/C12H23F3N4O/c13-12(14,15)10-17-11(20)19-7-3-6-18(8-9-19)5-2-1-4-16/h1-10,16H2,(H,17,20). The van der Waals surface area contributed by atoms with Crippen molar-refractivity contribution in [3.05, 3.63) is 0 Å². The summed E-state index contributed by atoms with van der Waals surface area (Å²) < 4.78 is 36.1. The van der Waals surface area contributed by atoms with E-state index in [4.69, 9.17) is 5.73 Å². The van der Waals surface area contributed by atoms with E-state index in [1.165, 1.54) is 4.90 Å². The molecule has 20 heavy (non-hydrogen) atoms. The third kappa shape index (κ3) is 6.95. The van der Waals surface area contributed by atoms with Crippen LogP contribution in [0.5, 0.6) is 0 Å². The van der Waals surface area contributed by atoms with Gasteiger partial charge in [-0.2, -0.15) is 13.2 Å². The molecular formula is C12H23F3N4O. The summed E-state index contributed by atoms with van der Waals surface area (Å²) in [6.07, 6.45) is -1.61. The van der Waals surface area contributed by atoms with E-state index >= 15 is 0 Å². The molecule has 1 heterocycles. The molecule has 0 unspecified atom stereocenters. The molecular weight excluding hydrogens is 273 g/mol. The second-order valence-corrected chi connectivity index (χ2v) is 4.95. The average Bonchev–Trinajstić information content (AvgIpc) is 2.61. The van der Waals surface area contributed by atoms with Gasteiger partial charge in [-0.15, -0.1) is 0 Å². The van der Waals surface area contributed by atoms with E-state index in [9.17, 15) is 18.0 Å². The Bertz CT molecular complexity index is 299. The average molecular weight is 296 g/mol. The van der Waals surface area contributed by atoms with E-state index in [1.54, 1.807) is 0 Å². The molecule has 3 N–H and O–H groups in total. The first kappa shape index (κ1) is 17.0. The predicted molar refractivity (Wildman–Crippen MR) is 70.4 cm³/mol. The van der Waals surface area contributed by atoms with Crippen LogP contribution in [-0.2, 0) is 0 Å². The van der Waals surface area contributed by atoms with Crippen LogP contribution < -0.4 is 11.1 Å². The van der Waals surface area contributed by atoms with E-state index in [0.717, 1.165) is 32.4 Å². The predicted octanol–water partition coefficient (Wildman–Crippen LogP) is 1.00. The molecule has 1 aliphatic rings. The van der Waals surface area contributed by atoms with Crippen LogP contribution in [0.15, 0.2) is 0 Å². The molecule has 8 heteroatoms. The zero-order valence-corrected chi connectivity index (χ0v) is 11.6. The normalized spacial score (nSPS) is 17.9. The summed E-state index contributed by atoms with van der Waals surface area (Å²) in [5.41, 5.74) is 5.43. The minimum Gasteiger partial charge on any atom is -0.330 e. The van der Waals surface area contributed by atoms with Gasteiger partial charge in [-0.1, -0.05) is 0 Å². The van der Waals surface area contributed by atoms with Crippen LogP contribution in [0.4, 0.5) is 18.0 Å². The fraction of sp³-hybridized carbons (Fsp3) is 0.917. The fourth-order valence-electron chi connectivity index (χ4n) is 2.17. The van der Waals surface area contributed by atoms with Gasteiger partial charge in [0.05, 0.1) is 0 Å². The summed E-state index contributed by atoms with van der Waals surface area (Å²) in [4.78, 5) is 15.3. The van der Waals surface area contributed by atoms with Gasteiger partial charge in [-0.3, -0.25) is 0 Å². The molecule has 0 radical (unpaired) electrons. The summed E-state index contributed by atoms with van der Waals surface area (Å²) >= 11 is 0. The molecule has 0 saturated carbocycles. The molecule has 0 aromatic heterocycles. The van der Waals surface area contributed by atoms with Gasteiger partial charge in [0, 0.05) is 19.6 Å². The van der Waals surface area contributed by atoms with Gasteiger partial charge < -0.3 is 20.9 Å². The number of hydrogen-bond acceptors (Lipinski definition) is 3. The number of nitrogens with zero attached hydrogens (tertiary/aromatic N) is 2. The molecule has 0 atom stereocenters. The number of nitrogens with two attached hydrogens (primary N) is 1. The Labute approximate surface area is 117 Å². The van der Waals surface area contributed by atoms with Gasteiger partial charge in [0.2, 0.25) is 0 Å². The summed E-state index contributed by atoms with van der Waals surface area (Å²) in [6, 6.07) is -0.633. The highest BCUT2D eigenvalue weighted by Gasteiger charge is 2.29. The van der Waals surface area contributed by atoms with Gasteiger partial charge >= 0.3 is 12.2 Å². The molecule has 0 aromatic carbocycles. The smallest absolute Gasteiger partial charge is 0.330 e. The Morgan fingerprint density at radius 3 is 2.55 bits per heavy atom. The Morgan fingerprint density at radius 1 is 1.15 bits per heavy atom. The summed E-state index contributed by atoms with van der Waals surface area (Å²) in [5.74, 6) is 0. The highest BCUT2D eigenvalue weighted by atomic mass is 19.4. The number of carbonyl (C=O) groups is 1. The highest BCUT2D eigenvalue weighted by Crippen LogP contribution is 2.12. The van der Waals surface area contributed by atoms with Crippen molar-refractivity contribution in [2.45, 2.75) is 25.4 Å². The van der Waals surface area contributed by atoms with Crippen LogP contribution in [0.3, 0.4) is 0 Å². The third-order valence-corrected chi connectivity index (χ3v) is 3.24. The van der Waals surface area contributed by atoms with Gasteiger partial charge in [0.15, 0.2) is 0 Å².